The van der Waals surface area contributed by atoms with Gasteiger partial charge in [0.15, 0.2) is 10.8 Å². The number of halogens is 3. The van der Waals surface area contributed by atoms with Gasteiger partial charge in [-0.2, -0.15) is 18.4 Å². The minimum Gasteiger partial charge on any atom is -0.352 e. The maximum absolute atomic E-state index is 11.9. The Kier molecular flexibility index (Phi) is 2.43. The largest absolute Gasteiger partial charge is 0.475 e. The Labute approximate surface area is 73.6 Å². The summed E-state index contributed by atoms with van der Waals surface area (Å²) in [5.41, 5.74) is -4.83. The Hall–Kier alpha value is -1.29. The third kappa shape index (κ3) is 2.09. The molecule has 0 bridgehead atoms. The van der Waals surface area contributed by atoms with Crippen LogP contribution in [0.2, 0.25) is 0 Å². The molecule has 1 atom stereocenters. The smallest absolute Gasteiger partial charge is 0.352 e. The van der Waals surface area contributed by atoms with Gasteiger partial charge < -0.3 is 4.98 Å². The van der Waals surface area contributed by atoms with Crippen molar-refractivity contribution in [3.63, 3.8) is 0 Å². The summed E-state index contributed by atoms with van der Waals surface area (Å²) in [6.45, 7) is 0. The second-order valence-corrected chi connectivity index (χ2v) is 3.55. The van der Waals surface area contributed by atoms with Crippen molar-refractivity contribution in [2.24, 2.45) is 0 Å². The fraction of sp³-hybridized carbons (Fsp3) is 0.167. The number of rotatable bonds is 1. The van der Waals surface area contributed by atoms with Crippen LogP contribution in [0.15, 0.2) is 17.2 Å². The topological polar surface area (TPSA) is 56.6 Å². The fourth-order valence-electron chi connectivity index (χ4n) is 0.680. The summed E-state index contributed by atoms with van der Waals surface area (Å²) in [6.07, 6.45) is 0.905. The van der Waals surface area contributed by atoms with Crippen LogP contribution in [-0.2, 0) is 10.8 Å². The van der Waals surface area contributed by atoms with Crippen LogP contribution in [0.25, 0.3) is 0 Å². The molecule has 7 heteroatoms. The van der Waals surface area contributed by atoms with E-state index in [1.807, 2.05) is 0 Å². The first-order valence-corrected chi connectivity index (χ1v) is 4.17. The molecule has 0 fully saturated rings. The fourth-order valence-corrected chi connectivity index (χ4v) is 1.34. The van der Waals surface area contributed by atoms with E-state index in [1.165, 1.54) is 0 Å². The number of hydrogen-bond acceptors (Lipinski definition) is 2. The minimum atomic E-state index is -4.78. The highest BCUT2D eigenvalue weighted by Gasteiger charge is 2.38. The molecule has 70 valence electrons. The van der Waals surface area contributed by atoms with E-state index < -0.39 is 21.2 Å². The van der Waals surface area contributed by atoms with Crippen molar-refractivity contribution in [2.45, 2.75) is 10.4 Å². The molecule has 1 unspecified atom stereocenters. The van der Waals surface area contributed by atoms with Gasteiger partial charge >= 0.3 is 5.51 Å². The molecule has 1 N–H and O–H groups in total. The van der Waals surface area contributed by atoms with Gasteiger partial charge in [0.05, 0.1) is 4.90 Å². The molecule has 0 amide bonds. The molecule has 0 spiro atoms. The van der Waals surface area contributed by atoms with Crippen molar-refractivity contribution < 1.29 is 17.4 Å². The van der Waals surface area contributed by atoms with E-state index in [4.69, 9.17) is 5.26 Å². The van der Waals surface area contributed by atoms with Gasteiger partial charge in [-0.15, -0.1) is 0 Å². The Balaban J connectivity index is 2.98. The lowest BCUT2D eigenvalue weighted by atomic mass is 10.5. The number of aromatic nitrogens is 1. The third-order valence-electron chi connectivity index (χ3n) is 1.20. The third-order valence-corrected chi connectivity index (χ3v) is 2.29. The quantitative estimate of drug-likeness (QED) is 0.760. The molecule has 0 aliphatic rings. The van der Waals surface area contributed by atoms with E-state index in [2.05, 4.69) is 4.98 Å². The molecule has 1 rings (SSSR count). The first-order chi connectivity index (χ1) is 5.95. The monoisotopic (exact) mass is 208 g/mol. The van der Waals surface area contributed by atoms with Crippen LogP contribution in [0.5, 0.6) is 0 Å². The first kappa shape index (κ1) is 9.80. The van der Waals surface area contributed by atoms with Gasteiger partial charge in [0.1, 0.15) is 11.8 Å². The van der Waals surface area contributed by atoms with Crippen LogP contribution < -0.4 is 0 Å². The van der Waals surface area contributed by atoms with Gasteiger partial charge in [-0.3, -0.25) is 0 Å². The molecule has 1 aromatic heterocycles. The van der Waals surface area contributed by atoms with E-state index in [0.29, 0.717) is 0 Å². The number of H-pyrrole nitrogens is 1. The van der Waals surface area contributed by atoms with Crippen LogP contribution in [0.1, 0.15) is 5.69 Å². The highest BCUT2D eigenvalue weighted by atomic mass is 32.2. The van der Waals surface area contributed by atoms with E-state index in [1.54, 1.807) is 6.07 Å². The van der Waals surface area contributed by atoms with E-state index in [-0.39, 0.29) is 5.69 Å². The lowest BCUT2D eigenvalue weighted by Gasteiger charge is -2.02. The molecule has 0 radical (unpaired) electrons. The number of nitrogens with zero attached hydrogens (tertiary/aromatic N) is 1. The van der Waals surface area contributed by atoms with Gasteiger partial charge in [-0.25, -0.2) is 4.21 Å². The number of alkyl halides is 3. The second-order valence-electron chi connectivity index (χ2n) is 2.08. The Bertz CT molecular complexity index is 376. The molecule has 0 saturated heterocycles. The van der Waals surface area contributed by atoms with Crippen LogP contribution in [0.4, 0.5) is 13.2 Å². The zero-order chi connectivity index (χ0) is 10.1. The molecule has 0 aromatic carbocycles. The zero-order valence-corrected chi connectivity index (χ0v) is 6.87. The number of nitriles is 1. The SMILES string of the molecule is N#Cc1cc(S(=O)C(F)(F)F)c[nH]1. The Morgan fingerprint density at radius 2 is 2.15 bits per heavy atom. The maximum atomic E-state index is 11.9. The average Bonchev–Trinajstić information content (AvgIpc) is 2.48. The predicted octanol–water partition coefficient (Wildman–Crippen LogP) is 1.51. The predicted molar refractivity (Wildman–Crippen MR) is 38.0 cm³/mol. The normalized spacial score (nSPS) is 13.7. The summed E-state index contributed by atoms with van der Waals surface area (Å²) in [5.74, 6) is 0. The molecule has 0 aliphatic heterocycles. The lowest BCUT2D eigenvalue weighted by molar-refractivity contribution is -0.0384. The number of nitrogens with one attached hydrogen (secondary N) is 1. The van der Waals surface area contributed by atoms with Gasteiger partial charge in [0.25, 0.3) is 0 Å². The standard InChI is InChI=1S/C6H3F3N2OS/c7-6(8,9)13(12)5-1-4(2-10)11-3-5/h1,3,11H. The van der Waals surface area contributed by atoms with Gasteiger partial charge in [-0.1, -0.05) is 0 Å². The van der Waals surface area contributed by atoms with Crippen molar-refractivity contribution in [3.05, 3.63) is 18.0 Å². The highest BCUT2D eigenvalue weighted by Crippen LogP contribution is 2.26. The van der Waals surface area contributed by atoms with Crippen molar-refractivity contribution in [2.75, 3.05) is 0 Å². The minimum absolute atomic E-state index is 0.0485. The summed E-state index contributed by atoms with van der Waals surface area (Å²) in [7, 11) is -3.06. The average molecular weight is 208 g/mol. The van der Waals surface area contributed by atoms with E-state index >= 15 is 0 Å². The molecule has 0 saturated carbocycles. The molecular formula is C6H3F3N2OS. The first-order valence-electron chi connectivity index (χ1n) is 3.02. The zero-order valence-electron chi connectivity index (χ0n) is 6.05. The summed E-state index contributed by atoms with van der Waals surface area (Å²) in [4.78, 5) is 1.81. The van der Waals surface area contributed by atoms with E-state index in [0.717, 1.165) is 12.3 Å². The maximum Gasteiger partial charge on any atom is 0.475 e. The lowest BCUT2D eigenvalue weighted by Crippen LogP contribution is -2.15. The van der Waals surface area contributed by atoms with Crippen LogP contribution in [0.3, 0.4) is 0 Å². The Morgan fingerprint density at radius 3 is 2.54 bits per heavy atom. The molecular weight excluding hydrogens is 205 g/mol. The number of aromatic amines is 1. The summed E-state index contributed by atoms with van der Waals surface area (Å²) in [6, 6.07) is 2.50. The summed E-state index contributed by atoms with van der Waals surface area (Å²) in [5, 5.41) is 8.27. The molecule has 0 aliphatic carbocycles. The van der Waals surface area contributed by atoms with Gasteiger partial charge in [0, 0.05) is 6.20 Å². The number of hydrogen-bond donors (Lipinski definition) is 1. The van der Waals surface area contributed by atoms with Crippen molar-refractivity contribution >= 4 is 10.8 Å². The van der Waals surface area contributed by atoms with Crippen molar-refractivity contribution in [1.82, 2.24) is 4.98 Å². The van der Waals surface area contributed by atoms with Gasteiger partial charge in [-0.05, 0) is 6.07 Å². The van der Waals surface area contributed by atoms with Crippen molar-refractivity contribution in [3.8, 4) is 6.07 Å². The molecule has 1 aromatic rings. The van der Waals surface area contributed by atoms with Gasteiger partial charge in [0.2, 0.25) is 0 Å². The van der Waals surface area contributed by atoms with Crippen LogP contribution >= 0.6 is 0 Å². The van der Waals surface area contributed by atoms with Crippen molar-refractivity contribution in [1.29, 1.82) is 5.26 Å². The molecule has 13 heavy (non-hydrogen) atoms. The van der Waals surface area contributed by atoms with Crippen LogP contribution in [-0.4, -0.2) is 14.7 Å². The molecule has 1 heterocycles. The summed E-state index contributed by atoms with van der Waals surface area (Å²) >= 11 is 0. The van der Waals surface area contributed by atoms with Crippen LogP contribution in [0, 0.1) is 11.3 Å². The second kappa shape index (κ2) is 3.22. The summed E-state index contributed by atoms with van der Waals surface area (Å²) < 4.78 is 46.2. The Morgan fingerprint density at radius 1 is 1.54 bits per heavy atom. The van der Waals surface area contributed by atoms with E-state index in [9.17, 15) is 17.4 Å². The highest BCUT2D eigenvalue weighted by molar-refractivity contribution is 7.86. The molecule has 3 nitrogen and oxygen atoms in total.